The number of carbonyl (C=O) groups is 5. The Labute approximate surface area is 208 Å². The van der Waals surface area contributed by atoms with Crippen LogP contribution in [0.3, 0.4) is 0 Å². The summed E-state index contributed by atoms with van der Waals surface area (Å²) in [7, 11) is 0. The van der Waals surface area contributed by atoms with Crippen LogP contribution < -0.4 is 11.1 Å². The Balaban J connectivity index is 1.89. The van der Waals surface area contributed by atoms with Gasteiger partial charge in [-0.3, -0.25) is 24.1 Å². The molecule has 190 valence electrons. The van der Waals surface area contributed by atoms with E-state index in [1.807, 2.05) is 6.07 Å². The minimum atomic E-state index is -1.37. The SMILES string of the molecule is CCOC(=O)CC[C@@H](C(=O)N[C@@H](Cc1ccccc1)C(=O)OCC)N1C(=O)c2ccc(N)cc2C1=O. The molecule has 0 radical (unpaired) electrons. The number of hydrogen-bond donors (Lipinski definition) is 2. The van der Waals surface area contributed by atoms with E-state index in [0.717, 1.165) is 10.5 Å². The molecule has 3 N–H and O–H groups in total. The molecule has 2 aromatic rings. The minimum absolute atomic E-state index is 0.0696. The predicted octanol–water partition coefficient (Wildman–Crippen LogP) is 1.87. The van der Waals surface area contributed by atoms with Crippen molar-refractivity contribution in [3.63, 3.8) is 0 Å². The molecule has 0 aliphatic carbocycles. The van der Waals surface area contributed by atoms with Crippen LogP contribution in [0.15, 0.2) is 48.5 Å². The van der Waals surface area contributed by atoms with E-state index in [1.54, 1.807) is 38.1 Å². The average Bonchev–Trinajstić information content (AvgIpc) is 3.09. The highest BCUT2D eigenvalue weighted by molar-refractivity contribution is 6.23. The van der Waals surface area contributed by atoms with Gasteiger partial charge in [0.2, 0.25) is 5.91 Å². The second kappa shape index (κ2) is 12.0. The van der Waals surface area contributed by atoms with E-state index in [4.69, 9.17) is 15.2 Å². The number of benzene rings is 2. The first-order valence-corrected chi connectivity index (χ1v) is 11.7. The summed E-state index contributed by atoms with van der Waals surface area (Å²) in [6.45, 7) is 3.53. The molecule has 1 aliphatic heterocycles. The largest absolute Gasteiger partial charge is 0.466 e. The lowest BCUT2D eigenvalue weighted by atomic mass is 10.0. The van der Waals surface area contributed by atoms with Gasteiger partial charge in [-0.1, -0.05) is 30.3 Å². The number of imide groups is 1. The maximum absolute atomic E-state index is 13.5. The number of nitrogens with one attached hydrogen (secondary N) is 1. The van der Waals surface area contributed by atoms with Crippen LogP contribution in [0.2, 0.25) is 0 Å². The van der Waals surface area contributed by atoms with Gasteiger partial charge >= 0.3 is 11.9 Å². The molecule has 0 aromatic heterocycles. The van der Waals surface area contributed by atoms with Crippen molar-refractivity contribution in [1.29, 1.82) is 0 Å². The second-order valence-corrected chi connectivity index (χ2v) is 8.15. The smallest absolute Gasteiger partial charge is 0.328 e. The maximum atomic E-state index is 13.5. The van der Waals surface area contributed by atoms with Crippen molar-refractivity contribution < 1.29 is 33.4 Å². The zero-order valence-corrected chi connectivity index (χ0v) is 20.2. The van der Waals surface area contributed by atoms with Gasteiger partial charge in [-0.05, 0) is 44.0 Å². The summed E-state index contributed by atoms with van der Waals surface area (Å²) in [6, 6.07) is 10.8. The van der Waals surface area contributed by atoms with E-state index in [0.29, 0.717) is 0 Å². The van der Waals surface area contributed by atoms with Crippen molar-refractivity contribution >= 4 is 35.3 Å². The van der Waals surface area contributed by atoms with E-state index >= 15 is 0 Å². The zero-order valence-electron chi connectivity index (χ0n) is 20.2. The standard InChI is InChI=1S/C26H29N3O7/c1-3-35-22(30)13-12-21(29-24(32)18-11-10-17(27)15-19(18)25(29)33)23(31)28-20(26(34)36-4-2)14-16-8-6-5-7-9-16/h5-11,15,20-21H,3-4,12-14,27H2,1-2H3,(H,28,31)/t20-,21-/m0/s1. The molecule has 2 aromatic carbocycles. The molecule has 0 unspecified atom stereocenters. The van der Waals surface area contributed by atoms with Crippen molar-refractivity contribution in [1.82, 2.24) is 10.2 Å². The molecule has 2 atom stereocenters. The molecule has 1 heterocycles. The monoisotopic (exact) mass is 495 g/mol. The van der Waals surface area contributed by atoms with E-state index in [2.05, 4.69) is 5.32 Å². The molecular formula is C26H29N3O7. The van der Waals surface area contributed by atoms with Gasteiger partial charge in [0.15, 0.2) is 0 Å². The van der Waals surface area contributed by atoms with Gasteiger partial charge in [0.1, 0.15) is 12.1 Å². The fourth-order valence-corrected chi connectivity index (χ4v) is 3.98. The number of rotatable bonds is 11. The van der Waals surface area contributed by atoms with Crippen LogP contribution in [-0.2, 0) is 30.3 Å². The van der Waals surface area contributed by atoms with Crippen LogP contribution in [0, 0.1) is 0 Å². The first-order valence-electron chi connectivity index (χ1n) is 11.7. The third-order valence-electron chi connectivity index (χ3n) is 5.65. The summed E-state index contributed by atoms with van der Waals surface area (Å²) in [5, 5.41) is 2.63. The molecule has 0 saturated carbocycles. The summed E-state index contributed by atoms with van der Waals surface area (Å²) in [6.07, 6.45) is -0.272. The average molecular weight is 496 g/mol. The highest BCUT2D eigenvalue weighted by Crippen LogP contribution is 2.28. The number of nitrogen functional groups attached to an aromatic ring is 1. The molecule has 0 bridgehead atoms. The summed E-state index contributed by atoms with van der Waals surface area (Å²) >= 11 is 0. The molecule has 0 spiro atoms. The molecular weight excluding hydrogens is 466 g/mol. The van der Waals surface area contributed by atoms with E-state index < -0.39 is 41.7 Å². The molecule has 0 fully saturated rings. The van der Waals surface area contributed by atoms with Crippen molar-refractivity contribution in [3.8, 4) is 0 Å². The number of ether oxygens (including phenoxy) is 2. The molecule has 3 amide bonds. The number of nitrogens with zero attached hydrogens (tertiary/aromatic N) is 1. The van der Waals surface area contributed by atoms with Crippen LogP contribution in [0.25, 0.3) is 0 Å². The lowest BCUT2D eigenvalue weighted by Gasteiger charge is -2.27. The van der Waals surface area contributed by atoms with Gasteiger partial charge in [-0.2, -0.15) is 0 Å². The van der Waals surface area contributed by atoms with E-state index in [9.17, 15) is 24.0 Å². The molecule has 1 aliphatic rings. The first-order chi connectivity index (χ1) is 17.3. The van der Waals surface area contributed by atoms with Gasteiger partial charge in [0.25, 0.3) is 11.8 Å². The van der Waals surface area contributed by atoms with Gasteiger partial charge in [0, 0.05) is 18.5 Å². The van der Waals surface area contributed by atoms with Crippen molar-refractivity contribution in [2.24, 2.45) is 0 Å². The van der Waals surface area contributed by atoms with Crippen LogP contribution >= 0.6 is 0 Å². The van der Waals surface area contributed by atoms with Crippen molar-refractivity contribution in [2.45, 2.75) is 45.2 Å². The quantitative estimate of drug-likeness (QED) is 0.273. The van der Waals surface area contributed by atoms with Crippen LogP contribution in [0.5, 0.6) is 0 Å². The number of amides is 3. The Bertz CT molecular complexity index is 1150. The van der Waals surface area contributed by atoms with E-state index in [-0.39, 0.29) is 49.3 Å². The lowest BCUT2D eigenvalue weighted by molar-refractivity contribution is -0.148. The highest BCUT2D eigenvalue weighted by atomic mass is 16.5. The normalized spacial score (nSPS) is 14.1. The molecule has 0 saturated heterocycles. The Morgan fingerprint density at radius 3 is 2.28 bits per heavy atom. The number of anilines is 1. The van der Waals surface area contributed by atoms with Crippen molar-refractivity contribution in [2.75, 3.05) is 18.9 Å². The Morgan fingerprint density at radius 2 is 1.61 bits per heavy atom. The van der Waals surface area contributed by atoms with Crippen LogP contribution in [-0.4, -0.2) is 59.9 Å². The zero-order chi connectivity index (χ0) is 26.2. The summed E-state index contributed by atoms with van der Waals surface area (Å²) in [4.78, 5) is 65.2. The Kier molecular flexibility index (Phi) is 8.77. The second-order valence-electron chi connectivity index (χ2n) is 8.15. The van der Waals surface area contributed by atoms with Gasteiger partial charge in [-0.25, -0.2) is 4.79 Å². The number of nitrogens with two attached hydrogens (primary N) is 1. The first kappa shape index (κ1) is 26.4. The number of carbonyl (C=O) groups excluding carboxylic acids is 5. The topological polar surface area (TPSA) is 145 Å². The summed E-state index contributed by atoms with van der Waals surface area (Å²) in [5.74, 6) is -3.40. The number of hydrogen-bond acceptors (Lipinski definition) is 8. The lowest BCUT2D eigenvalue weighted by Crippen LogP contribution is -2.54. The maximum Gasteiger partial charge on any atom is 0.328 e. The molecule has 36 heavy (non-hydrogen) atoms. The van der Waals surface area contributed by atoms with Gasteiger partial charge in [0.05, 0.1) is 24.3 Å². The molecule has 3 rings (SSSR count). The highest BCUT2D eigenvalue weighted by Gasteiger charge is 2.43. The third-order valence-corrected chi connectivity index (χ3v) is 5.65. The number of esters is 2. The molecule has 10 nitrogen and oxygen atoms in total. The third kappa shape index (κ3) is 6.07. The summed E-state index contributed by atoms with van der Waals surface area (Å²) < 4.78 is 10.1. The van der Waals surface area contributed by atoms with Crippen LogP contribution in [0.1, 0.15) is 53.0 Å². The number of fused-ring (bicyclic) bond motifs is 1. The Morgan fingerprint density at radius 1 is 0.944 bits per heavy atom. The summed E-state index contributed by atoms with van der Waals surface area (Å²) in [5.41, 5.74) is 7.01. The fraction of sp³-hybridized carbons (Fsp3) is 0.346. The van der Waals surface area contributed by atoms with Crippen molar-refractivity contribution in [3.05, 3.63) is 65.2 Å². The fourth-order valence-electron chi connectivity index (χ4n) is 3.98. The predicted molar refractivity (Wildman–Crippen MR) is 130 cm³/mol. The van der Waals surface area contributed by atoms with Gasteiger partial charge in [-0.15, -0.1) is 0 Å². The van der Waals surface area contributed by atoms with E-state index in [1.165, 1.54) is 18.2 Å². The Hall–Kier alpha value is -4.21. The molecule has 10 heteroatoms. The minimum Gasteiger partial charge on any atom is -0.466 e. The van der Waals surface area contributed by atoms with Crippen LogP contribution in [0.4, 0.5) is 5.69 Å². The van der Waals surface area contributed by atoms with Gasteiger partial charge < -0.3 is 20.5 Å².